The Labute approximate surface area is 188 Å². The predicted molar refractivity (Wildman–Crippen MR) is 117 cm³/mol. The Kier molecular flexibility index (Phi) is 7.18. The lowest BCUT2D eigenvalue weighted by atomic mass is 10.1. The summed E-state index contributed by atoms with van der Waals surface area (Å²) in [5.41, 5.74) is 4.12. The van der Waals surface area contributed by atoms with E-state index in [0.29, 0.717) is 6.42 Å². The van der Waals surface area contributed by atoms with Crippen molar-refractivity contribution in [3.05, 3.63) is 55.4 Å². The van der Waals surface area contributed by atoms with Crippen molar-refractivity contribution in [2.24, 2.45) is 0 Å². The number of carbonyl (C=O) groups is 1. The summed E-state index contributed by atoms with van der Waals surface area (Å²) in [6.07, 6.45) is 0.583. The first kappa shape index (κ1) is 24.1. The average molecular weight is 488 g/mol. The number of hydrogen-bond donors (Lipinski definition) is 2. The maximum absolute atomic E-state index is 13.4. The predicted octanol–water partition coefficient (Wildman–Crippen LogP) is 0.511. The highest BCUT2D eigenvalue weighted by Gasteiger charge is 2.30. The normalized spacial score (nSPS) is 15.7. The van der Waals surface area contributed by atoms with Gasteiger partial charge in [0.15, 0.2) is 5.78 Å². The highest BCUT2D eigenvalue weighted by atomic mass is 35.5. The third kappa shape index (κ3) is 4.77. The highest BCUT2D eigenvalue weighted by Crippen LogP contribution is 2.23. The van der Waals surface area contributed by atoms with Crippen molar-refractivity contribution in [1.29, 1.82) is 0 Å². The van der Waals surface area contributed by atoms with Gasteiger partial charge in [-0.25, -0.2) is 17.6 Å². The van der Waals surface area contributed by atoms with E-state index in [9.17, 15) is 27.2 Å². The van der Waals surface area contributed by atoms with Gasteiger partial charge in [0, 0.05) is 32.7 Å². The second kappa shape index (κ2) is 9.53. The summed E-state index contributed by atoms with van der Waals surface area (Å²) >= 11 is 5.70. The van der Waals surface area contributed by atoms with Gasteiger partial charge in [0.25, 0.3) is 5.56 Å². The number of halogens is 2. The minimum absolute atomic E-state index is 0.0891. The van der Waals surface area contributed by atoms with Gasteiger partial charge in [0.05, 0.1) is 16.5 Å². The molecule has 32 heavy (non-hydrogen) atoms. The van der Waals surface area contributed by atoms with E-state index in [-0.39, 0.29) is 60.6 Å². The van der Waals surface area contributed by atoms with Gasteiger partial charge in [-0.05, 0) is 24.6 Å². The zero-order valence-corrected chi connectivity index (χ0v) is 18.9. The summed E-state index contributed by atoms with van der Waals surface area (Å²) in [5, 5.41) is -0.289. The van der Waals surface area contributed by atoms with Gasteiger partial charge in [0.1, 0.15) is 17.2 Å². The first-order valence-corrected chi connectivity index (χ1v) is 11.7. The molecule has 13 heteroatoms. The topological polar surface area (TPSA) is 139 Å². The summed E-state index contributed by atoms with van der Waals surface area (Å²) in [5.74, 6) is -1.45. The number of hydrogen-bond acceptors (Lipinski definition) is 7. The number of nitrogens with zero attached hydrogens (tertiary/aromatic N) is 3. The number of nitrogen functional groups attached to an aromatic ring is 1. The fourth-order valence-electron chi connectivity index (χ4n) is 3.50. The van der Waals surface area contributed by atoms with Crippen LogP contribution in [0.5, 0.6) is 0 Å². The third-order valence-corrected chi connectivity index (χ3v) is 7.38. The minimum Gasteiger partial charge on any atom is -0.384 e. The molecule has 1 aliphatic heterocycles. The van der Waals surface area contributed by atoms with Gasteiger partial charge < -0.3 is 5.73 Å². The molecule has 1 fully saturated rings. The molecule has 0 aliphatic carbocycles. The highest BCUT2D eigenvalue weighted by molar-refractivity contribution is 7.89. The number of carbonyl (C=O) groups excluding carboxylic acids is 1. The lowest BCUT2D eigenvalue weighted by molar-refractivity contribution is 0.0900. The monoisotopic (exact) mass is 487 g/mol. The molecule has 0 unspecified atom stereocenters. The first-order valence-electron chi connectivity index (χ1n) is 9.89. The van der Waals surface area contributed by atoms with Crippen LogP contribution >= 0.6 is 11.6 Å². The number of sulfonamides is 1. The van der Waals surface area contributed by atoms with Crippen LogP contribution in [0.2, 0.25) is 5.02 Å². The molecule has 0 amide bonds. The molecule has 1 aromatic carbocycles. The third-order valence-electron chi connectivity index (χ3n) is 5.19. The van der Waals surface area contributed by atoms with E-state index in [0.717, 1.165) is 22.8 Å². The standard InChI is InChI=1S/C19H23ClFN5O5S/c1-2-5-26-17(22)16(18(28)23-19(26)29)15(27)11-24-6-8-25(9-7-24)32(30,31)12-3-4-14(21)13(20)10-12/h3-4,10H,2,5-9,11,22H2,1H3,(H,23,28,29). The lowest BCUT2D eigenvalue weighted by Gasteiger charge is -2.33. The number of piperazine rings is 1. The van der Waals surface area contributed by atoms with E-state index in [1.165, 1.54) is 4.31 Å². The molecule has 1 aromatic heterocycles. The first-order chi connectivity index (χ1) is 15.1. The molecule has 1 aliphatic rings. The van der Waals surface area contributed by atoms with Crippen molar-refractivity contribution in [2.75, 3.05) is 38.5 Å². The molecule has 2 aromatic rings. The molecule has 3 rings (SSSR count). The minimum atomic E-state index is -3.88. The van der Waals surface area contributed by atoms with Crippen LogP contribution in [-0.4, -0.2) is 65.7 Å². The van der Waals surface area contributed by atoms with E-state index in [4.69, 9.17) is 17.3 Å². The fourth-order valence-corrected chi connectivity index (χ4v) is 5.19. The van der Waals surface area contributed by atoms with Gasteiger partial charge in [0.2, 0.25) is 10.0 Å². The van der Waals surface area contributed by atoms with Crippen molar-refractivity contribution in [3.8, 4) is 0 Å². The van der Waals surface area contributed by atoms with Crippen LogP contribution in [0.3, 0.4) is 0 Å². The Morgan fingerprint density at radius 1 is 1.22 bits per heavy atom. The SMILES string of the molecule is CCCn1c(N)c(C(=O)CN2CCN(S(=O)(=O)c3ccc(F)c(Cl)c3)CC2)c(=O)[nH]c1=O. The molecule has 0 atom stereocenters. The van der Waals surface area contributed by atoms with Crippen molar-refractivity contribution >= 4 is 33.2 Å². The molecule has 0 spiro atoms. The Morgan fingerprint density at radius 3 is 2.47 bits per heavy atom. The van der Waals surface area contributed by atoms with Crippen LogP contribution in [0, 0.1) is 5.82 Å². The Morgan fingerprint density at radius 2 is 1.88 bits per heavy atom. The summed E-state index contributed by atoms with van der Waals surface area (Å²) in [7, 11) is -3.88. The number of rotatable bonds is 7. The zero-order valence-electron chi connectivity index (χ0n) is 17.3. The number of anilines is 1. The van der Waals surface area contributed by atoms with Gasteiger partial charge in [-0.2, -0.15) is 4.31 Å². The fraction of sp³-hybridized carbons (Fsp3) is 0.421. The largest absolute Gasteiger partial charge is 0.384 e. The number of benzene rings is 1. The van der Waals surface area contributed by atoms with Gasteiger partial charge in [-0.1, -0.05) is 18.5 Å². The number of aromatic amines is 1. The van der Waals surface area contributed by atoms with Crippen LogP contribution in [0.15, 0.2) is 32.7 Å². The van der Waals surface area contributed by atoms with Crippen molar-refractivity contribution in [1.82, 2.24) is 18.8 Å². The molecule has 10 nitrogen and oxygen atoms in total. The zero-order chi connectivity index (χ0) is 23.6. The summed E-state index contributed by atoms with van der Waals surface area (Å²) in [4.78, 5) is 40.5. The Hall–Kier alpha value is -2.54. The average Bonchev–Trinajstić information content (AvgIpc) is 2.73. The molecule has 2 heterocycles. The van der Waals surface area contributed by atoms with E-state index in [2.05, 4.69) is 4.98 Å². The quantitative estimate of drug-likeness (QED) is 0.542. The van der Waals surface area contributed by atoms with Crippen LogP contribution in [0.1, 0.15) is 23.7 Å². The maximum atomic E-state index is 13.4. The number of nitrogens with one attached hydrogen (secondary N) is 1. The van der Waals surface area contributed by atoms with Gasteiger partial charge >= 0.3 is 5.69 Å². The lowest BCUT2D eigenvalue weighted by Crippen LogP contribution is -2.50. The molecule has 1 saturated heterocycles. The smallest absolute Gasteiger partial charge is 0.329 e. The van der Waals surface area contributed by atoms with Crippen molar-refractivity contribution in [2.45, 2.75) is 24.8 Å². The second-order valence-electron chi connectivity index (χ2n) is 7.35. The molecular weight excluding hydrogens is 465 g/mol. The van der Waals surface area contributed by atoms with Gasteiger partial charge in [-0.15, -0.1) is 0 Å². The second-order valence-corrected chi connectivity index (χ2v) is 9.70. The maximum Gasteiger partial charge on any atom is 0.329 e. The number of Topliss-reactive ketones (excluding diaryl/α,β-unsaturated/α-hetero) is 1. The van der Waals surface area contributed by atoms with Crippen LogP contribution in [0.4, 0.5) is 10.2 Å². The Bertz CT molecular complexity index is 1250. The summed E-state index contributed by atoms with van der Waals surface area (Å²) < 4.78 is 41.3. The van der Waals surface area contributed by atoms with Crippen molar-refractivity contribution < 1.29 is 17.6 Å². The number of aromatic nitrogens is 2. The molecule has 174 valence electrons. The number of nitrogens with two attached hydrogens (primary N) is 1. The van der Waals surface area contributed by atoms with E-state index >= 15 is 0 Å². The van der Waals surface area contributed by atoms with Crippen LogP contribution < -0.4 is 17.0 Å². The summed E-state index contributed by atoms with van der Waals surface area (Å²) in [6, 6.07) is 3.19. The van der Waals surface area contributed by atoms with Crippen LogP contribution in [0.25, 0.3) is 0 Å². The number of H-pyrrole nitrogens is 1. The van der Waals surface area contributed by atoms with E-state index < -0.39 is 32.9 Å². The molecule has 0 bridgehead atoms. The number of ketones is 1. The van der Waals surface area contributed by atoms with Crippen molar-refractivity contribution in [3.63, 3.8) is 0 Å². The molecule has 0 radical (unpaired) electrons. The van der Waals surface area contributed by atoms with Crippen LogP contribution in [-0.2, 0) is 16.6 Å². The molecular formula is C19H23ClFN5O5S. The van der Waals surface area contributed by atoms with E-state index in [1.54, 1.807) is 4.90 Å². The molecule has 0 saturated carbocycles. The van der Waals surface area contributed by atoms with Gasteiger partial charge in [-0.3, -0.25) is 24.0 Å². The molecule has 3 N–H and O–H groups in total. The van der Waals surface area contributed by atoms with E-state index in [1.807, 2.05) is 6.92 Å². The Balaban J connectivity index is 1.71. The summed E-state index contributed by atoms with van der Waals surface area (Å²) in [6.45, 7) is 2.56.